The van der Waals surface area contributed by atoms with Gasteiger partial charge in [0.05, 0.1) is 6.61 Å². The second-order valence-electron chi connectivity index (χ2n) is 15.8. The summed E-state index contributed by atoms with van der Waals surface area (Å²) >= 11 is 0. The summed E-state index contributed by atoms with van der Waals surface area (Å²) in [4.78, 5) is 27.4. The minimum Gasteiger partial charge on any atom is -0.466 e. The second-order valence-corrected chi connectivity index (χ2v) is 15.8. The van der Waals surface area contributed by atoms with Gasteiger partial charge < -0.3 is 14.4 Å². The fourth-order valence-corrected chi connectivity index (χ4v) is 7.12. The van der Waals surface area contributed by atoms with Crippen LogP contribution in [0.15, 0.2) is 0 Å². The van der Waals surface area contributed by atoms with Crippen LogP contribution in [0, 0.1) is 0 Å². The van der Waals surface area contributed by atoms with Crippen LogP contribution in [-0.4, -0.2) is 49.2 Å². The van der Waals surface area contributed by atoms with Gasteiger partial charge in [0.1, 0.15) is 6.10 Å². The molecule has 5 heteroatoms. The van der Waals surface area contributed by atoms with Crippen LogP contribution in [0.4, 0.5) is 0 Å². The van der Waals surface area contributed by atoms with Crippen molar-refractivity contribution in [1.29, 1.82) is 0 Å². The summed E-state index contributed by atoms with van der Waals surface area (Å²) in [6.07, 6.45) is 41.9. The highest BCUT2D eigenvalue weighted by atomic mass is 16.5. The van der Waals surface area contributed by atoms with Crippen molar-refractivity contribution in [2.45, 2.75) is 259 Å². The molecule has 0 aromatic heterocycles. The standard InChI is InChI=1S/C46H91NO4/c1-5-9-13-16-19-28-35-43-50-45(48)38-31-24-20-26-33-41-47(40-12-8-4)42-34-27-21-25-32-39-46(49)51-44(36-29-22-17-14-10-6-2)37-30-23-18-15-11-7-3/h44H,5-43H2,1-4H3. The van der Waals surface area contributed by atoms with Crippen molar-refractivity contribution >= 4 is 11.9 Å². The van der Waals surface area contributed by atoms with E-state index in [0.717, 1.165) is 44.9 Å². The maximum absolute atomic E-state index is 12.7. The molecule has 0 aromatic carbocycles. The Balaban J connectivity index is 4.02. The number of hydrogen-bond donors (Lipinski definition) is 0. The molecule has 0 atom stereocenters. The van der Waals surface area contributed by atoms with Gasteiger partial charge in [0.15, 0.2) is 0 Å². The van der Waals surface area contributed by atoms with Crippen molar-refractivity contribution in [3.05, 3.63) is 0 Å². The third kappa shape index (κ3) is 38.4. The Hall–Kier alpha value is -1.10. The van der Waals surface area contributed by atoms with Crippen LogP contribution >= 0.6 is 0 Å². The maximum Gasteiger partial charge on any atom is 0.306 e. The predicted molar refractivity (Wildman–Crippen MR) is 222 cm³/mol. The molecule has 0 aliphatic carbocycles. The Morgan fingerprint density at radius 1 is 0.392 bits per heavy atom. The van der Waals surface area contributed by atoms with E-state index < -0.39 is 0 Å². The number of hydrogen-bond acceptors (Lipinski definition) is 5. The quantitative estimate of drug-likeness (QED) is 0.0464. The Morgan fingerprint density at radius 3 is 1.22 bits per heavy atom. The first-order chi connectivity index (χ1) is 25.1. The highest BCUT2D eigenvalue weighted by molar-refractivity contribution is 5.69. The highest BCUT2D eigenvalue weighted by Gasteiger charge is 2.14. The van der Waals surface area contributed by atoms with E-state index in [0.29, 0.717) is 19.4 Å². The number of carbonyl (C=O) groups excluding carboxylic acids is 2. The zero-order valence-electron chi connectivity index (χ0n) is 35.2. The van der Waals surface area contributed by atoms with Crippen molar-refractivity contribution in [3.63, 3.8) is 0 Å². The zero-order valence-corrected chi connectivity index (χ0v) is 35.2. The second kappa shape index (κ2) is 41.7. The van der Waals surface area contributed by atoms with Crippen LogP contribution in [-0.2, 0) is 19.1 Å². The van der Waals surface area contributed by atoms with Crippen molar-refractivity contribution in [2.24, 2.45) is 0 Å². The summed E-state index contributed by atoms with van der Waals surface area (Å²) in [7, 11) is 0. The predicted octanol–water partition coefficient (Wildman–Crippen LogP) is 14.5. The monoisotopic (exact) mass is 722 g/mol. The number of rotatable bonds is 42. The number of nitrogens with zero attached hydrogens (tertiary/aromatic N) is 1. The van der Waals surface area contributed by atoms with E-state index in [4.69, 9.17) is 9.47 Å². The number of esters is 2. The molecule has 0 aliphatic heterocycles. The van der Waals surface area contributed by atoms with Crippen molar-refractivity contribution < 1.29 is 19.1 Å². The summed E-state index contributed by atoms with van der Waals surface area (Å²) in [5, 5.41) is 0. The van der Waals surface area contributed by atoms with Crippen LogP contribution in [0.25, 0.3) is 0 Å². The lowest BCUT2D eigenvalue weighted by atomic mass is 10.0. The zero-order chi connectivity index (χ0) is 37.3. The third-order valence-corrected chi connectivity index (χ3v) is 10.6. The van der Waals surface area contributed by atoms with Crippen LogP contribution in [0.3, 0.4) is 0 Å². The molecule has 0 saturated heterocycles. The Morgan fingerprint density at radius 2 is 0.745 bits per heavy atom. The fourth-order valence-electron chi connectivity index (χ4n) is 7.12. The van der Waals surface area contributed by atoms with Gasteiger partial charge in [-0.2, -0.15) is 0 Å². The summed E-state index contributed by atoms with van der Waals surface area (Å²) in [6.45, 7) is 13.3. The van der Waals surface area contributed by atoms with E-state index in [1.54, 1.807) is 0 Å². The first-order valence-electron chi connectivity index (χ1n) is 23.1. The Labute approximate surface area is 319 Å². The Bertz CT molecular complexity index is 697. The number of unbranched alkanes of at least 4 members (excludes halogenated alkanes) is 25. The smallest absolute Gasteiger partial charge is 0.306 e. The molecule has 304 valence electrons. The van der Waals surface area contributed by atoms with Gasteiger partial charge in [0, 0.05) is 12.8 Å². The highest BCUT2D eigenvalue weighted by Crippen LogP contribution is 2.18. The molecule has 51 heavy (non-hydrogen) atoms. The van der Waals surface area contributed by atoms with Crippen LogP contribution in [0.1, 0.15) is 252 Å². The van der Waals surface area contributed by atoms with E-state index >= 15 is 0 Å². The molecule has 5 nitrogen and oxygen atoms in total. The molecule has 0 saturated carbocycles. The molecule has 0 bridgehead atoms. The molecular weight excluding hydrogens is 631 g/mol. The topological polar surface area (TPSA) is 55.8 Å². The molecule has 0 unspecified atom stereocenters. The van der Waals surface area contributed by atoms with E-state index in [9.17, 15) is 9.59 Å². The minimum atomic E-state index is -0.00194. The van der Waals surface area contributed by atoms with Crippen molar-refractivity contribution in [2.75, 3.05) is 26.2 Å². The first kappa shape index (κ1) is 49.9. The molecule has 0 aromatic rings. The van der Waals surface area contributed by atoms with Gasteiger partial charge in [-0.1, -0.05) is 175 Å². The van der Waals surface area contributed by atoms with E-state index in [-0.39, 0.29) is 18.0 Å². The molecule has 0 N–H and O–H groups in total. The SMILES string of the molecule is CCCCCCCCCOC(=O)CCCCCCCN(CCCC)CCCCCCCC(=O)OC(CCCCCCCC)CCCCCCCC. The lowest BCUT2D eigenvalue weighted by Gasteiger charge is -2.22. The largest absolute Gasteiger partial charge is 0.466 e. The van der Waals surface area contributed by atoms with Gasteiger partial charge in [-0.15, -0.1) is 0 Å². The molecule has 0 radical (unpaired) electrons. The molecule has 0 spiro atoms. The molecule has 0 aliphatic rings. The number of ether oxygens (including phenoxy) is 2. The maximum atomic E-state index is 12.7. The third-order valence-electron chi connectivity index (χ3n) is 10.6. The van der Waals surface area contributed by atoms with Crippen LogP contribution < -0.4 is 0 Å². The van der Waals surface area contributed by atoms with Crippen molar-refractivity contribution in [3.8, 4) is 0 Å². The first-order valence-corrected chi connectivity index (χ1v) is 23.1. The lowest BCUT2D eigenvalue weighted by molar-refractivity contribution is -0.150. The molecule has 0 fully saturated rings. The summed E-state index contributed by atoms with van der Waals surface area (Å²) < 4.78 is 11.5. The van der Waals surface area contributed by atoms with E-state index in [1.165, 1.54) is 187 Å². The summed E-state index contributed by atoms with van der Waals surface area (Å²) in [5.41, 5.74) is 0. The molecular formula is C46H91NO4. The van der Waals surface area contributed by atoms with Gasteiger partial charge in [0.2, 0.25) is 0 Å². The van der Waals surface area contributed by atoms with Gasteiger partial charge >= 0.3 is 11.9 Å². The summed E-state index contributed by atoms with van der Waals surface area (Å²) in [5.74, 6) is 0.0411. The molecule has 0 amide bonds. The fraction of sp³-hybridized carbons (Fsp3) is 0.957. The van der Waals surface area contributed by atoms with Gasteiger partial charge in [-0.25, -0.2) is 0 Å². The van der Waals surface area contributed by atoms with Crippen molar-refractivity contribution in [1.82, 2.24) is 4.90 Å². The molecule has 0 heterocycles. The minimum absolute atomic E-state index is 0.00194. The normalized spacial score (nSPS) is 11.6. The van der Waals surface area contributed by atoms with Gasteiger partial charge in [-0.3, -0.25) is 9.59 Å². The van der Waals surface area contributed by atoms with Crippen LogP contribution in [0.5, 0.6) is 0 Å². The number of carbonyl (C=O) groups is 2. The van der Waals surface area contributed by atoms with E-state index in [2.05, 4.69) is 32.6 Å². The van der Waals surface area contributed by atoms with Gasteiger partial charge in [0.25, 0.3) is 0 Å². The molecule has 0 rings (SSSR count). The lowest BCUT2D eigenvalue weighted by Crippen LogP contribution is -2.27. The van der Waals surface area contributed by atoms with Gasteiger partial charge in [-0.05, 0) is 83.8 Å². The van der Waals surface area contributed by atoms with Crippen LogP contribution in [0.2, 0.25) is 0 Å². The average molecular weight is 722 g/mol. The average Bonchev–Trinajstić information content (AvgIpc) is 3.13. The van der Waals surface area contributed by atoms with E-state index in [1.807, 2.05) is 0 Å². The Kier molecular flexibility index (Phi) is 40.8. The summed E-state index contributed by atoms with van der Waals surface area (Å²) in [6, 6.07) is 0.